The van der Waals surface area contributed by atoms with Crippen molar-refractivity contribution in [2.75, 3.05) is 6.54 Å². The Morgan fingerprint density at radius 1 is 1.41 bits per heavy atom. The average Bonchev–Trinajstić information content (AvgIpc) is 2.46. The third-order valence-corrected chi connectivity index (χ3v) is 2.86. The molecule has 0 spiro atoms. The summed E-state index contributed by atoms with van der Waals surface area (Å²) in [5.41, 5.74) is 6.25. The van der Waals surface area contributed by atoms with E-state index in [1.165, 1.54) is 0 Å². The number of nitro groups is 1. The largest absolute Gasteiger partial charge is 0.480 e. The van der Waals surface area contributed by atoms with Gasteiger partial charge in [0.1, 0.15) is 11.1 Å². The van der Waals surface area contributed by atoms with Gasteiger partial charge in [0.25, 0.3) is 5.96 Å². The van der Waals surface area contributed by atoms with Gasteiger partial charge in [-0.1, -0.05) is 30.3 Å². The van der Waals surface area contributed by atoms with Gasteiger partial charge < -0.3 is 21.5 Å². The molecule has 0 bridgehead atoms. The number of hydrogen-bond donors (Lipinski definition) is 4. The molecule has 0 radical (unpaired) electrons. The Morgan fingerprint density at radius 2 is 2.09 bits per heavy atom. The Morgan fingerprint density at radius 3 is 2.68 bits per heavy atom. The van der Waals surface area contributed by atoms with Crippen LogP contribution in [0.1, 0.15) is 18.4 Å². The summed E-state index contributed by atoms with van der Waals surface area (Å²) in [5, 5.41) is 26.7. The van der Waals surface area contributed by atoms with Crippen molar-refractivity contribution in [3.05, 3.63) is 46.0 Å². The third kappa shape index (κ3) is 7.20. The number of nitrogens with two attached hydrogens (primary N) is 1. The van der Waals surface area contributed by atoms with Crippen molar-refractivity contribution >= 4 is 11.9 Å². The number of rotatable bonds is 9. The van der Waals surface area contributed by atoms with Crippen LogP contribution >= 0.6 is 0 Å². The molecule has 9 heteroatoms. The van der Waals surface area contributed by atoms with Gasteiger partial charge in [-0.25, -0.2) is 10.1 Å². The minimum absolute atomic E-state index is 0.297. The first-order chi connectivity index (χ1) is 10.5. The monoisotopic (exact) mass is 309 g/mol. The van der Waals surface area contributed by atoms with Crippen LogP contribution in [-0.2, 0) is 11.3 Å². The van der Waals surface area contributed by atoms with Crippen molar-refractivity contribution in [3.8, 4) is 0 Å². The predicted molar refractivity (Wildman–Crippen MR) is 80.6 cm³/mol. The highest BCUT2D eigenvalue weighted by Crippen LogP contribution is 2.02. The van der Waals surface area contributed by atoms with Gasteiger partial charge in [0.2, 0.25) is 0 Å². The highest BCUT2D eigenvalue weighted by molar-refractivity contribution is 5.77. The van der Waals surface area contributed by atoms with Crippen LogP contribution in [0.25, 0.3) is 0 Å². The summed E-state index contributed by atoms with van der Waals surface area (Å²) in [7, 11) is 0. The van der Waals surface area contributed by atoms with Gasteiger partial charge >= 0.3 is 5.97 Å². The van der Waals surface area contributed by atoms with Gasteiger partial charge in [-0.2, -0.15) is 0 Å². The Balaban J connectivity index is 2.33. The van der Waals surface area contributed by atoms with Crippen LogP contribution in [0.4, 0.5) is 0 Å². The van der Waals surface area contributed by atoms with E-state index in [2.05, 4.69) is 15.7 Å². The second kappa shape index (κ2) is 9.29. The normalized spacial score (nSPS) is 12.6. The maximum Gasteiger partial charge on any atom is 0.320 e. The van der Waals surface area contributed by atoms with Crippen molar-refractivity contribution in [1.29, 1.82) is 0 Å². The summed E-state index contributed by atoms with van der Waals surface area (Å²) in [6.07, 6.45) is 0.841. The van der Waals surface area contributed by atoms with Crippen LogP contribution in [-0.4, -0.2) is 34.7 Å². The van der Waals surface area contributed by atoms with E-state index in [-0.39, 0.29) is 5.96 Å². The molecule has 1 aromatic rings. The van der Waals surface area contributed by atoms with Gasteiger partial charge in [0, 0.05) is 13.1 Å². The molecule has 0 aliphatic heterocycles. The van der Waals surface area contributed by atoms with Crippen LogP contribution in [0, 0.1) is 10.1 Å². The smallest absolute Gasteiger partial charge is 0.320 e. The molecule has 9 nitrogen and oxygen atoms in total. The topological polar surface area (TPSA) is 143 Å². The Bertz CT molecular complexity index is 520. The predicted octanol–water partition coefficient (Wildman–Crippen LogP) is 0.106. The molecule has 0 aliphatic rings. The first-order valence-corrected chi connectivity index (χ1v) is 6.71. The van der Waals surface area contributed by atoms with E-state index < -0.39 is 17.0 Å². The Hall–Kier alpha value is -2.68. The van der Waals surface area contributed by atoms with E-state index in [1.807, 2.05) is 30.3 Å². The molecule has 1 aromatic carbocycles. The number of carboxylic acids is 1. The summed E-state index contributed by atoms with van der Waals surface area (Å²) >= 11 is 0. The summed E-state index contributed by atoms with van der Waals surface area (Å²) < 4.78 is 0. The average molecular weight is 309 g/mol. The molecule has 1 rings (SSSR count). The number of carboxylic acid groups (broad SMARTS) is 1. The van der Waals surface area contributed by atoms with Crippen molar-refractivity contribution in [2.24, 2.45) is 10.8 Å². The van der Waals surface area contributed by atoms with Gasteiger partial charge in [-0.3, -0.25) is 4.79 Å². The second-order valence-electron chi connectivity index (χ2n) is 4.55. The molecule has 0 heterocycles. The molecule has 22 heavy (non-hydrogen) atoms. The zero-order valence-corrected chi connectivity index (χ0v) is 11.9. The summed E-state index contributed by atoms with van der Waals surface area (Å²) in [5.74, 6) is -1.24. The van der Waals surface area contributed by atoms with Crippen LogP contribution in [0.3, 0.4) is 0 Å². The lowest BCUT2D eigenvalue weighted by Crippen LogP contribution is -2.38. The van der Waals surface area contributed by atoms with Crippen LogP contribution in [0.5, 0.6) is 0 Å². The summed E-state index contributed by atoms with van der Waals surface area (Å²) in [6.45, 7) is 0.760. The number of carbonyl (C=O) groups is 1. The van der Waals surface area contributed by atoms with Gasteiger partial charge in [-0.15, -0.1) is 0 Å². The van der Waals surface area contributed by atoms with Gasteiger partial charge in [0.15, 0.2) is 5.03 Å². The lowest BCUT2D eigenvalue weighted by Gasteiger charge is -2.14. The molecular formula is C13H19N5O4. The van der Waals surface area contributed by atoms with Crippen molar-refractivity contribution in [1.82, 2.24) is 10.6 Å². The van der Waals surface area contributed by atoms with Crippen molar-refractivity contribution in [2.45, 2.75) is 25.4 Å². The quantitative estimate of drug-likeness (QED) is 0.166. The summed E-state index contributed by atoms with van der Waals surface area (Å²) in [6, 6.07) is 8.77. The number of aliphatic carboxylic acids is 1. The number of hydrazone groups is 1. The zero-order chi connectivity index (χ0) is 16.4. The van der Waals surface area contributed by atoms with Gasteiger partial charge in [0.05, 0.1) is 0 Å². The molecule has 120 valence electrons. The fourth-order valence-corrected chi connectivity index (χ4v) is 1.80. The number of nitrogens with one attached hydrogen (secondary N) is 2. The third-order valence-electron chi connectivity index (χ3n) is 2.86. The minimum Gasteiger partial charge on any atom is -0.480 e. The molecule has 0 amide bonds. The summed E-state index contributed by atoms with van der Waals surface area (Å²) in [4.78, 5) is 21.2. The Kier molecular flexibility index (Phi) is 7.34. The number of nitrogens with zero attached hydrogens (tertiary/aromatic N) is 2. The van der Waals surface area contributed by atoms with E-state index in [0.29, 0.717) is 25.9 Å². The van der Waals surface area contributed by atoms with E-state index in [1.54, 1.807) is 0 Å². The van der Waals surface area contributed by atoms with E-state index in [4.69, 9.17) is 10.8 Å². The molecule has 1 atom stereocenters. The fraction of sp³-hybridized carbons (Fsp3) is 0.385. The van der Waals surface area contributed by atoms with Crippen LogP contribution in [0.15, 0.2) is 35.4 Å². The zero-order valence-electron chi connectivity index (χ0n) is 11.9. The highest BCUT2D eigenvalue weighted by atomic mass is 16.7. The lowest BCUT2D eigenvalue weighted by atomic mass is 10.1. The SMILES string of the molecule is N/C(=N/[N+](=O)[O-])NCCC[C@H](NCc1ccccc1)C(=O)O. The first-order valence-electron chi connectivity index (χ1n) is 6.71. The molecule has 5 N–H and O–H groups in total. The van der Waals surface area contributed by atoms with E-state index in [9.17, 15) is 14.9 Å². The number of hydrogen-bond acceptors (Lipinski definition) is 4. The standard InChI is InChI=1S/C13H19N5O4/c14-13(17-18(21)22)15-8-4-7-11(12(19)20)16-9-10-5-2-1-3-6-10/h1-3,5-6,11,16H,4,7-9H2,(H,19,20)(H3,14,15,17)/t11-/m0/s1. The fourth-order valence-electron chi connectivity index (χ4n) is 1.80. The maximum absolute atomic E-state index is 11.2. The molecule has 0 fully saturated rings. The van der Waals surface area contributed by atoms with Crippen LogP contribution < -0.4 is 16.4 Å². The molecule has 0 saturated carbocycles. The minimum atomic E-state index is -0.942. The number of guanidine groups is 1. The lowest BCUT2D eigenvalue weighted by molar-refractivity contribution is -0.485. The first kappa shape index (κ1) is 17.4. The molecule has 0 aromatic heterocycles. The second-order valence-corrected chi connectivity index (χ2v) is 4.55. The van der Waals surface area contributed by atoms with Crippen molar-refractivity contribution < 1.29 is 14.9 Å². The molecule has 0 saturated heterocycles. The van der Waals surface area contributed by atoms with E-state index in [0.717, 1.165) is 5.56 Å². The van der Waals surface area contributed by atoms with Gasteiger partial charge in [-0.05, 0) is 18.4 Å². The number of benzene rings is 1. The molecular weight excluding hydrogens is 290 g/mol. The van der Waals surface area contributed by atoms with Crippen molar-refractivity contribution in [3.63, 3.8) is 0 Å². The molecule has 0 aliphatic carbocycles. The molecule has 0 unspecified atom stereocenters. The van der Waals surface area contributed by atoms with Crippen LogP contribution in [0.2, 0.25) is 0 Å². The van der Waals surface area contributed by atoms with E-state index >= 15 is 0 Å². The Labute approximate surface area is 127 Å². The maximum atomic E-state index is 11.2. The highest BCUT2D eigenvalue weighted by Gasteiger charge is 2.16.